The minimum Gasteiger partial charge on any atom is -0.306 e. The van der Waals surface area contributed by atoms with Gasteiger partial charge in [0.2, 0.25) is 0 Å². The first-order valence-corrected chi connectivity index (χ1v) is 11.7. The molecular weight excluding hydrogens is 386 g/mol. The van der Waals surface area contributed by atoms with E-state index in [1.54, 1.807) is 0 Å². The lowest BCUT2D eigenvalue weighted by Gasteiger charge is -2.47. The summed E-state index contributed by atoms with van der Waals surface area (Å²) in [5, 5.41) is 2.29. The topological polar surface area (TPSA) is 45.9 Å². The molecule has 6 heterocycles. The fourth-order valence-electron chi connectivity index (χ4n) is 5.87. The first kappa shape index (κ1) is 19.4. The number of pyridine rings is 2. The molecule has 3 aliphatic heterocycles. The first-order valence-electron chi connectivity index (χ1n) is 11.7. The monoisotopic (exact) mass is 417 g/mol. The molecule has 0 radical (unpaired) electrons. The second-order valence-electron chi connectivity index (χ2n) is 9.51. The van der Waals surface area contributed by atoms with E-state index >= 15 is 0 Å². The summed E-state index contributed by atoms with van der Waals surface area (Å²) in [6.07, 6.45) is 9.76. The fraction of sp³-hybridized carbons (Fsp3) is 0.520. The van der Waals surface area contributed by atoms with Gasteiger partial charge in [-0.1, -0.05) is 12.1 Å². The van der Waals surface area contributed by atoms with Crippen LogP contribution in [-0.4, -0.2) is 44.5 Å². The van der Waals surface area contributed by atoms with Crippen molar-refractivity contribution in [2.24, 2.45) is 5.92 Å². The molecule has 0 bridgehead atoms. The molecule has 162 valence electrons. The molecule has 6 rings (SSSR count). The minimum absolute atomic E-state index is 0.0435. The Kier molecular flexibility index (Phi) is 4.82. The maximum Gasteiger partial charge on any atom is 0.137 e. The number of piperidine rings is 2. The van der Waals surface area contributed by atoms with Crippen molar-refractivity contribution in [1.29, 1.82) is 0 Å². The van der Waals surface area contributed by atoms with E-state index in [0.717, 1.165) is 56.5 Å². The van der Waals surface area contributed by atoms with E-state index in [4.69, 9.17) is 14.8 Å². The van der Waals surface area contributed by atoms with Gasteiger partial charge in [-0.2, -0.15) is 5.06 Å². The number of nitrogens with zero attached hydrogens (tertiary/aromatic N) is 5. The zero-order valence-electron chi connectivity index (χ0n) is 18.4. The van der Waals surface area contributed by atoms with Crippen LogP contribution in [-0.2, 0) is 4.84 Å². The number of hydrogen-bond donors (Lipinski definition) is 0. The smallest absolute Gasteiger partial charge is 0.137 e. The Morgan fingerprint density at radius 3 is 2.58 bits per heavy atom. The average Bonchev–Trinajstić information content (AvgIpc) is 3.19. The lowest BCUT2D eigenvalue weighted by molar-refractivity contribution is -0.289. The number of hydroxylamine groups is 2. The van der Waals surface area contributed by atoms with E-state index in [-0.39, 0.29) is 18.2 Å². The molecule has 2 fully saturated rings. The molecule has 0 saturated carbocycles. The van der Waals surface area contributed by atoms with E-state index in [0.29, 0.717) is 5.92 Å². The van der Waals surface area contributed by atoms with Gasteiger partial charge in [-0.3, -0.25) is 9.82 Å². The number of aromatic nitrogens is 3. The van der Waals surface area contributed by atoms with Crippen molar-refractivity contribution in [3.63, 3.8) is 0 Å². The molecule has 6 heteroatoms. The zero-order chi connectivity index (χ0) is 20.9. The predicted molar refractivity (Wildman–Crippen MR) is 119 cm³/mol. The molecule has 3 aromatic heterocycles. The Morgan fingerprint density at radius 2 is 1.77 bits per heavy atom. The summed E-state index contributed by atoms with van der Waals surface area (Å²) in [6, 6.07) is 10.9. The second-order valence-corrected chi connectivity index (χ2v) is 9.51. The number of rotatable bonds is 2. The van der Waals surface area contributed by atoms with Crippen molar-refractivity contribution in [1.82, 2.24) is 24.3 Å². The molecular formula is C25H31N5O. The van der Waals surface area contributed by atoms with Crippen LogP contribution in [0.25, 0.3) is 5.65 Å². The van der Waals surface area contributed by atoms with Crippen LogP contribution in [0.4, 0.5) is 0 Å². The van der Waals surface area contributed by atoms with Crippen molar-refractivity contribution >= 4 is 5.65 Å². The molecule has 0 aromatic carbocycles. The maximum absolute atomic E-state index is 6.99. The molecule has 0 unspecified atom stereocenters. The Bertz CT molecular complexity index is 1090. The molecule has 0 amide bonds. The van der Waals surface area contributed by atoms with Crippen molar-refractivity contribution in [2.75, 3.05) is 20.1 Å². The third-order valence-corrected chi connectivity index (χ3v) is 7.54. The minimum atomic E-state index is 0.0435. The number of fused-ring (bicyclic) bond motifs is 5. The highest BCUT2D eigenvalue weighted by Crippen LogP contribution is 2.51. The standard InChI is InChI=1S/C25H31N5O/c1-17-7-6-13-26-22(17)19-8-5-9-20-23-24(29-14-4-3-10-21(29)27-23)25(31-30(19)20)18-11-15-28(2)16-12-18/h3-4,6-7,10,13-14,18-20,25H,5,8-9,11-12,15-16H2,1-2H3/t19-,20+,25-/m0/s1. The van der Waals surface area contributed by atoms with Crippen LogP contribution >= 0.6 is 0 Å². The maximum atomic E-state index is 6.99. The van der Waals surface area contributed by atoms with Gasteiger partial charge >= 0.3 is 0 Å². The molecule has 3 atom stereocenters. The number of aryl methyl sites for hydroxylation is 1. The summed E-state index contributed by atoms with van der Waals surface area (Å²) in [5.41, 5.74) is 5.94. The van der Waals surface area contributed by atoms with Gasteiger partial charge in [0.05, 0.1) is 29.2 Å². The molecule has 31 heavy (non-hydrogen) atoms. The molecule has 0 spiro atoms. The van der Waals surface area contributed by atoms with E-state index in [2.05, 4.69) is 58.8 Å². The molecule has 0 N–H and O–H groups in total. The third-order valence-electron chi connectivity index (χ3n) is 7.54. The van der Waals surface area contributed by atoms with Crippen LogP contribution in [0.2, 0.25) is 0 Å². The lowest BCUT2D eigenvalue weighted by atomic mass is 9.85. The Morgan fingerprint density at radius 1 is 0.968 bits per heavy atom. The van der Waals surface area contributed by atoms with Crippen molar-refractivity contribution in [3.8, 4) is 0 Å². The van der Waals surface area contributed by atoms with Crippen molar-refractivity contribution in [3.05, 3.63) is 65.4 Å². The van der Waals surface area contributed by atoms with Crippen molar-refractivity contribution < 1.29 is 4.84 Å². The Balaban J connectivity index is 1.46. The highest BCUT2D eigenvalue weighted by Gasteiger charge is 2.46. The van der Waals surface area contributed by atoms with Gasteiger partial charge in [-0.25, -0.2) is 4.98 Å². The van der Waals surface area contributed by atoms with Gasteiger partial charge in [-0.15, -0.1) is 0 Å². The van der Waals surface area contributed by atoms with Crippen LogP contribution in [0.15, 0.2) is 42.7 Å². The zero-order valence-corrected chi connectivity index (χ0v) is 18.4. The molecule has 3 aromatic rings. The van der Waals surface area contributed by atoms with Crippen LogP contribution < -0.4 is 0 Å². The van der Waals surface area contributed by atoms with Crippen LogP contribution in [0.5, 0.6) is 0 Å². The second kappa shape index (κ2) is 7.69. The molecule has 2 saturated heterocycles. The summed E-state index contributed by atoms with van der Waals surface area (Å²) in [6.45, 7) is 4.42. The van der Waals surface area contributed by atoms with Crippen LogP contribution in [0.1, 0.15) is 72.9 Å². The largest absolute Gasteiger partial charge is 0.306 e. The summed E-state index contributed by atoms with van der Waals surface area (Å²) in [7, 11) is 2.22. The normalized spacial score (nSPS) is 27.9. The summed E-state index contributed by atoms with van der Waals surface area (Å²) in [4.78, 5) is 19.4. The fourth-order valence-corrected chi connectivity index (χ4v) is 5.87. The van der Waals surface area contributed by atoms with Gasteiger partial charge in [0.25, 0.3) is 0 Å². The predicted octanol–water partition coefficient (Wildman–Crippen LogP) is 4.63. The summed E-state index contributed by atoms with van der Waals surface area (Å²) < 4.78 is 2.28. The molecule has 0 aliphatic carbocycles. The number of imidazole rings is 1. The van der Waals surface area contributed by atoms with E-state index in [9.17, 15) is 0 Å². The Labute approximate surface area is 183 Å². The highest BCUT2D eigenvalue weighted by molar-refractivity contribution is 5.45. The lowest BCUT2D eigenvalue weighted by Crippen LogP contribution is -2.45. The van der Waals surface area contributed by atoms with E-state index < -0.39 is 0 Å². The quantitative estimate of drug-likeness (QED) is 0.608. The average molecular weight is 418 g/mol. The highest BCUT2D eigenvalue weighted by atomic mass is 16.7. The van der Waals surface area contributed by atoms with Gasteiger partial charge in [0.15, 0.2) is 0 Å². The number of hydrogen-bond acceptors (Lipinski definition) is 5. The number of likely N-dealkylation sites (tertiary alicyclic amines) is 1. The third kappa shape index (κ3) is 3.20. The van der Waals surface area contributed by atoms with Gasteiger partial charge < -0.3 is 9.30 Å². The molecule has 6 nitrogen and oxygen atoms in total. The van der Waals surface area contributed by atoms with Crippen LogP contribution in [0.3, 0.4) is 0 Å². The van der Waals surface area contributed by atoms with Gasteiger partial charge in [0, 0.05) is 12.4 Å². The van der Waals surface area contributed by atoms with Gasteiger partial charge in [0.1, 0.15) is 11.8 Å². The van der Waals surface area contributed by atoms with Crippen molar-refractivity contribution in [2.45, 2.75) is 57.2 Å². The first-order chi connectivity index (χ1) is 15.2. The summed E-state index contributed by atoms with van der Waals surface area (Å²) >= 11 is 0. The SMILES string of the molecule is Cc1cccnc1[C@@H]1CCC[C@@H]2c3nc4ccccn4c3[C@H](C3CCN(C)CC3)ON21. The van der Waals surface area contributed by atoms with Gasteiger partial charge in [-0.05, 0) is 88.8 Å². The molecule has 3 aliphatic rings. The van der Waals surface area contributed by atoms with E-state index in [1.807, 2.05) is 12.3 Å². The van der Waals surface area contributed by atoms with Crippen LogP contribution in [0, 0.1) is 12.8 Å². The Hall–Kier alpha value is -2.28. The summed E-state index contributed by atoms with van der Waals surface area (Å²) in [5.74, 6) is 0.503. The van der Waals surface area contributed by atoms with E-state index in [1.165, 1.54) is 17.0 Å².